The molecule has 1 fully saturated rings. The van der Waals surface area contributed by atoms with E-state index in [0.717, 1.165) is 24.9 Å². The van der Waals surface area contributed by atoms with Crippen molar-refractivity contribution in [3.8, 4) is 0 Å². The van der Waals surface area contributed by atoms with Crippen LogP contribution in [0.5, 0.6) is 0 Å². The fourth-order valence-corrected chi connectivity index (χ4v) is 3.76. The van der Waals surface area contributed by atoms with Gasteiger partial charge >= 0.3 is 5.97 Å². The quantitative estimate of drug-likeness (QED) is 0.556. The third kappa shape index (κ3) is 5.90. The Hall–Kier alpha value is -1.75. The van der Waals surface area contributed by atoms with Crippen LogP contribution in [0.25, 0.3) is 0 Å². The van der Waals surface area contributed by atoms with Crippen LogP contribution in [0.4, 0.5) is 0 Å². The van der Waals surface area contributed by atoms with E-state index in [-0.39, 0.29) is 23.7 Å². The molecule has 1 heterocycles. The van der Waals surface area contributed by atoms with Crippen molar-refractivity contribution < 1.29 is 14.3 Å². The highest BCUT2D eigenvalue weighted by Gasteiger charge is 2.37. The van der Waals surface area contributed by atoms with Crippen molar-refractivity contribution in [2.24, 2.45) is 5.92 Å². The van der Waals surface area contributed by atoms with Gasteiger partial charge in [0.2, 0.25) is 0 Å². The summed E-state index contributed by atoms with van der Waals surface area (Å²) in [6.45, 7) is 7.95. The summed E-state index contributed by atoms with van der Waals surface area (Å²) < 4.78 is 5.57. The number of hydrogen-bond donors (Lipinski definition) is 0. The van der Waals surface area contributed by atoms with Gasteiger partial charge in [-0.3, -0.25) is 0 Å². The zero-order valence-corrected chi connectivity index (χ0v) is 17.0. The summed E-state index contributed by atoms with van der Waals surface area (Å²) in [5, 5.41) is 0. The molecule has 1 aliphatic rings. The van der Waals surface area contributed by atoms with Crippen LogP contribution in [-0.2, 0) is 20.7 Å². The lowest BCUT2D eigenvalue weighted by atomic mass is 9.93. The minimum absolute atomic E-state index is 0.0760. The van der Waals surface area contributed by atoms with E-state index in [9.17, 15) is 9.59 Å². The number of thiocarbonyl (C=S) groups is 1. The number of hydrogen-bond acceptors (Lipinski definition) is 4. The summed E-state index contributed by atoms with van der Waals surface area (Å²) in [6, 6.07) is 9.70. The lowest BCUT2D eigenvalue weighted by molar-refractivity contribution is -0.159. The molecule has 0 amide bonds. The van der Waals surface area contributed by atoms with Gasteiger partial charge in [-0.1, -0.05) is 42.5 Å². The van der Waals surface area contributed by atoms with E-state index < -0.39 is 5.60 Å². The highest BCUT2D eigenvalue weighted by Crippen LogP contribution is 2.26. The maximum atomic E-state index is 12.6. The Morgan fingerprint density at radius 3 is 2.50 bits per heavy atom. The first-order valence-electron chi connectivity index (χ1n) is 9.24. The summed E-state index contributed by atoms with van der Waals surface area (Å²) in [5.74, 6) is -0.187. The molecule has 0 N–H and O–H groups in total. The Morgan fingerprint density at radius 1 is 1.27 bits per heavy atom. The van der Waals surface area contributed by atoms with Crippen molar-refractivity contribution in [3.05, 3.63) is 35.9 Å². The summed E-state index contributed by atoms with van der Waals surface area (Å²) >= 11 is 5.76. The van der Waals surface area contributed by atoms with Gasteiger partial charge in [0, 0.05) is 18.9 Å². The molecule has 1 aliphatic heterocycles. The molecule has 1 aromatic carbocycles. The molecule has 5 heteroatoms. The molecule has 26 heavy (non-hydrogen) atoms. The Labute approximate surface area is 161 Å². The SMILES string of the molecule is CC(=O)CC(Cc1ccccc1)C(=S)N1CCC[C@H]1C(=O)OC(C)(C)C. The second-order valence-electron chi connectivity index (χ2n) is 8.02. The standard InChI is InChI=1S/C21H29NO3S/c1-15(23)13-17(14-16-9-6-5-7-10-16)19(26)22-12-8-11-18(22)20(24)25-21(2,3)4/h5-7,9-10,17-18H,8,11-14H2,1-4H3/t17?,18-/m0/s1. The van der Waals surface area contributed by atoms with Gasteiger partial charge < -0.3 is 14.4 Å². The van der Waals surface area contributed by atoms with Crippen molar-refractivity contribution >= 4 is 29.0 Å². The van der Waals surface area contributed by atoms with Gasteiger partial charge in [-0.05, 0) is 52.5 Å². The molecule has 1 aromatic rings. The molecule has 142 valence electrons. The minimum Gasteiger partial charge on any atom is -0.458 e. The smallest absolute Gasteiger partial charge is 0.329 e. The van der Waals surface area contributed by atoms with Crippen molar-refractivity contribution in [1.82, 2.24) is 4.90 Å². The van der Waals surface area contributed by atoms with Gasteiger partial charge in [0.05, 0.1) is 4.99 Å². The second kappa shape index (κ2) is 8.76. The molecule has 0 saturated carbocycles. The number of likely N-dealkylation sites (tertiary alicyclic amines) is 1. The molecule has 0 bridgehead atoms. The zero-order chi connectivity index (χ0) is 19.3. The van der Waals surface area contributed by atoms with Gasteiger partial charge in [-0.15, -0.1) is 0 Å². The van der Waals surface area contributed by atoms with Crippen molar-refractivity contribution in [1.29, 1.82) is 0 Å². The molecule has 2 rings (SSSR count). The van der Waals surface area contributed by atoms with Crippen LogP contribution in [0.2, 0.25) is 0 Å². The molecule has 0 aliphatic carbocycles. The average molecular weight is 376 g/mol. The summed E-state index contributed by atoms with van der Waals surface area (Å²) in [6.07, 6.45) is 2.75. The van der Waals surface area contributed by atoms with Gasteiger partial charge in [0.1, 0.15) is 17.4 Å². The van der Waals surface area contributed by atoms with E-state index in [2.05, 4.69) is 0 Å². The molecule has 0 spiro atoms. The largest absolute Gasteiger partial charge is 0.458 e. The number of benzene rings is 1. The maximum absolute atomic E-state index is 12.6. The molecule has 1 unspecified atom stereocenters. The van der Waals surface area contributed by atoms with Crippen LogP contribution >= 0.6 is 12.2 Å². The first kappa shape index (κ1) is 20.6. The first-order chi connectivity index (χ1) is 12.2. The van der Waals surface area contributed by atoms with E-state index >= 15 is 0 Å². The number of rotatable bonds is 6. The first-order valence-corrected chi connectivity index (χ1v) is 9.65. The van der Waals surface area contributed by atoms with E-state index in [1.165, 1.54) is 0 Å². The number of esters is 1. The average Bonchev–Trinajstić information content (AvgIpc) is 3.02. The van der Waals surface area contributed by atoms with Crippen LogP contribution < -0.4 is 0 Å². The Kier molecular flexibility index (Phi) is 6.93. The minimum atomic E-state index is -0.518. The van der Waals surface area contributed by atoms with Crippen molar-refractivity contribution in [3.63, 3.8) is 0 Å². The van der Waals surface area contributed by atoms with Gasteiger partial charge in [0.25, 0.3) is 0 Å². The number of carbonyl (C=O) groups excluding carboxylic acids is 2. The Balaban J connectivity index is 2.15. The normalized spacial score (nSPS) is 18.5. The highest BCUT2D eigenvalue weighted by atomic mass is 32.1. The lowest BCUT2D eigenvalue weighted by Gasteiger charge is -2.32. The fourth-order valence-electron chi connectivity index (χ4n) is 3.37. The Morgan fingerprint density at radius 2 is 1.92 bits per heavy atom. The molecule has 0 aromatic heterocycles. The topological polar surface area (TPSA) is 46.6 Å². The molecular formula is C21H29NO3S. The molecular weight excluding hydrogens is 346 g/mol. The van der Waals surface area contributed by atoms with Crippen LogP contribution in [0.1, 0.15) is 52.5 Å². The number of carbonyl (C=O) groups is 2. The van der Waals surface area contributed by atoms with E-state index in [1.54, 1.807) is 6.92 Å². The summed E-state index contributed by atoms with van der Waals surface area (Å²) in [5.41, 5.74) is 0.629. The predicted octanol–water partition coefficient (Wildman–Crippen LogP) is 3.96. The van der Waals surface area contributed by atoms with E-state index in [4.69, 9.17) is 17.0 Å². The summed E-state index contributed by atoms with van der Waals surface area (Å²) in [4.78, 5) is 27.1. The van der Waals surface area contributed by atoms with E-state index in [0.29, 0.717) is 17.8 Å². The number of nitrogens with zero attached hydrogens (tertiary/aromatic N) is 1. The third-order valence-corrected chi connectivity index (χ3v) is 4.99. The van der Waals surface area contributed by atoms with Gasteiger partial charge in [-0.2, -0.15) is 0 Å². The van der Waals surface area contributed by atoms with E-state index in [1.807, 2.05) is 56.0 Å². The lowest BCUT2D eigenvalue weighted by Crippen LogP contribution is -2.45. The van der Waals surface area contributed by atoms with Crippen LogP contribution in [0.15, 0.2) is 30.3 Å². The van der Waals surface area contributed by atoms with Gasteiger partial charge in [-0.25, -0.2) is 4.79 Å². The third-order valence-electron chi connectivity index (χ3n) is 4.42. The van der Waals surface area contributed by atoms with Crippen LogP contribution in [0.3, 0.4) is 0 Å². The number of Topliss-reactive ketones (excluding diaryl/α,β-unsaturated/α-hetero) is 1. The zero-order valence-electron chi connectivity index (χ0n) is 16.2. The monoisotopic (exact) mass is 375 g/mol. The molecule has 4 nitrogen and oxygen atoms in total. The van der Waals surface area contributed by atoms with Gasteiger partial charge in [0.15, 0.2) is 0 Å². The number of ketones is 1. The maximum Gasteiger partial charge on any atom is 0.329 e. The molecule has 1 saturated heterocycles. The summed E-state index contributed by atoms with van der Waals surface area (Å²) in [7, 11) is 0. The number of ether oxygens (including phenoxy) is 1. The predicted molar refractivity (Wildman–Crippen MR) is 107 cm³/mol. The molecule has 0 radical (unpaired) electrons. The van der Waals surface area contributed by atoms with Crippen LogP contribution in [0, 0.1) is 5.92 Å². The van der Waals surface area contributed by atoms with Crippen LogP contribution in [-0.4, -0.2) is 39.8 Å². The van der Waals surface area contributed by atoms with Crippen molar-refractivity contribution in [2.75, 3.05) is 6.54 Å². The fraction of sp³-hybridized carbons (Fsp3) is 0.571. The molecule has 2 atom stereocenters. The van der Waals surface area contributed by atoms with Crippen molar-refractivity contribution in [2.45, 2.75) is 65.0 Å². The Bertz CT molecular complexity index is 651. The second-order valence-corrected chi connectivity index (χ2v) is 8.43. The highest BCUT2D eigenvalue weighted by molar-refractivity contribution is 7.80.